The maximum absolute atomic E-state index is 11.9. The van der Waals surface area contributed by atoms with E-state index in [0.29, 0.717) is 24.7 Å². The average molecular weight is 358 g/mol. The molecular weight excluding hydrogens is 318 g/mol. The van der Waals surface area contributed by atoms with Crippen molar-refractivity contribution in [1.82, 2.24) is 0 Å². The van der Waals surface area contributed by atoms with Crippen LogP contribution in [0.5, 0.6) is 0 Å². The Morgan fingerprint density at radius 2 is 1.32 bits per heavy atom. The molecule has 0 heterocycles. The van der Waals surface area contributed by atoms with Gasteiger partial charge in [-0.15, -0.1) is 0 Å². The first-order valence-electron chi connectivity index (χ1n) is 9.85. The number of hydrogen-bond acceptors (Lipinski definition) is 3. The van der Waals surface area contributed by atoms with Crippen LogP contribution in [0, 0.1) is 11.8 Å². The van der Waals surface area contributed by atoms with Crippen LogP contribution in [-0.4, -0.2) is 29.2 Å². The molecule has 0 aliphatic carbocycles. The van der Waals surface area contributed by atoms with E-state index in [9.17, 15) is 14.7 Å². The van der Waals surface area contributed by atoms with Crippen LogP contribution >= 0.6 is 0 Å². The van der Waals surface area contributed by atoms with Crippen LogP contribution in [0.1, 0.15) is 91.9 Å². The first-order valence-corrected chi connectivity index (χ1v) is 9.85. The third-order valence-corrected chi connectivity index (χ3v) is 4.60. The Bertz CT molecular complexity index is 362. The summed E-state index contributed by atoms with van der Waals surface area (Å²) in [5.41, 5.74) is 3.89. The number of carbonyl (C=O) groups excluding carboxylic acids is 1. The second kappa shape index (κ2) is 13.2. The molecule has 0 atom stereocenters. The maximum atomic E-state index is 11.9. The fourth-order valence-corrected chi connectivity index (χ4v) is 3.03. The summed E-state index contributed by atoms with van der Waals surface area (Å²) in [6.07, 6.45) is 8.94. The first kappa shape index (κ1) is 23.9. The van der Waals surface area contributed by atoms with Crippen LogP contribution in [0.3, 0.4) is 0 Å². The monoisotopic (exact) mass is 357 g/mol. The van der Waals surface area contributed by atoms with Crippen LogP contribution < -0.4 is 5.73 Å². The van der Waals surface area contributed by atoms with Gasteiger partial charge in [-0.3, -0.25) is 4.79 Å². The summed E-state index contributed by atoms with van der Waals surface area (Å²) in [7, 11) is 0. The van der Waals surface area contributed by atoms with Crippen molar-refractivity contribution in [1.29, 1.82) is 0 Å². The highest BCUT2D eigenvalue weighted by Crippen LogP contribution is 2.28. The van der Waals surface area contributed by atoms with Crippen LogP contribution in [0.2, 0.25) is 0 Å². The van der Waals surface area contributed by atoms with Crippen LogP contribution in [0.25, 0.3) is 0 Å². The summed E-state index contributed by atoms with van der Waals surface area (Å²) in [5, 5.41) is 9.75. The molecule has 1 amide bonds. The van der Waals surface area contributed by atoms with Gasteiger partial charge in [-0.25, -0.2) is 4.79 Å². The van der Waals surface area contributed by atoms with Gasteiger partial charge in [0.1, 0.15) is 6.61 Å². The predicted molar refractivity (Wildman–Crippen MR) is 101 cm³/mol. The van der Waals surface area contributed by atoms with E-state index in [2.05, 4.69) is 27.7 Å². The van der Waals surface area contributed by atoms with Gasteiger partial charge in [0.2, 0.25) is 5.91 Å². The lowest BCUT2D eigenvalue weighted by Gasteiger charge is -2.29. The molecule has 0 aliphatic heterocycles. The zero-order valence-corrected chi connectivity index (χ0v) is 16.7. The molecule has 0 aromatic carbocycles. The number of aliphatic carboxylic acids is 1. The number of amides is 1. The van der Waals surface area contributed by atoms with Gasteiger partial charge in [0.15, 0.2) is 5.60 Å². The molecule has 0 fully saturated rings. The maximum Gasteiger partial charge on any atom is 0.335 e. The van der Waals surface area contributed by atoms with Gasteiger partial charge >= 0.3 is 5.97 Å². The van der Waals surface area contributed by atoms with Gasteiger partial charge in [0.05, 0.1) is 0 Å². The van der Waals surface area contributed by atoms with Crippen LogP contribution in [-0.2, 0) is 14.3 Å². The van der Waals surface area contributed by atoms with Crippen molar-refractivity contribution in [2.75, 3.05) is 6.61 Å². The molecule has 0 rings (SSSR count). The van der Waals surface area contributed by atoms with Crippen LogP contribution in [0.15, 0.2) is 0 Å². The molecule has 5 nitrogen and oxygen atoms in total. The quantitative estimate of drug-likeness (QED) is 0.397. The van der Waals surface area contributed by atoms with E-state index in [1.54, 1.807) is 0 Å². The van der Waals surface area contributed by atoms with Gasteiger partial charge < -0.3 is 15.6 Å². The topological polar surface area (TPSA) is 89.6 Å². The SMILES string of the molecule is CC(C)CCCCCC(CCCCCC(C)C)(OCC(N)=O)C(=O)O. The molecule has 0 aliphatic rings. The molecule has 0 saturated carbocycles. The van der Waals surface area contributed by atoms with Crippen molar-refractivity contribution in [3.05, 3.63) is 0 Å². The number of nitrogens with two attached hydrogens (primary N) is 1. The third kappa shape index (κ3) is 12.0. The zero-order valence-electron chi connectivity index (χ0n) is 16.7. The zero-order chi connectivity index (χ0) is 19.3. The lowest BCUT2D eigenvalue weighted by atomic mass is 9.89. The minimum absolute atomic E-state index is 0.329. The summed E-state index contributed by atoms with van der Waals surface area (Å²) >= 11 is 0. The second-order valence-electron chi connectivity index (χ2n) is 8.04. The normalized spacial score (nSPS) is 12.1. The summed E-state index contributed by atoms with van der Waals surface area (Å²) < 4.78 is 5.53. The van der Waals surface area contributed by atoms with Gasteiger partial charge in [-0.05, 0) is 37.5 Å². The Morgan fingerprint density at radius 3 is 1.64 bits per heavy atom. The summed E-state index contributed by atoms with van der Waals surface area (Å²) in [5.74, 6) is -0.265. The van der Waals surface area contributed by atoms with E-state index in [4.69, 9.17) is 10.5 Å². The Hall–Kier alpha value is -1.10. The minimum Gasteiger partial charge on any atom is -0.479 e. The molecule has 25 heavy (non-hydrogen) atoms. The number of carboxylic acid groups (broad SMARTS) is 1. The van der Waals surface area contributed by atoms with Crippen molar-refractivity contribution < 1.29 is 19.4 Å². The third-order valence-electron chi connectivity index (χ3n) is 4.60. The van der Waals surface area contributed by atoms with Crippen molar-refractivity contribution in [2.24, 2.45) is 17.6 Å². The highest BCUT2D eigenvalue weighted by Gasteiger charge is 2.39. The molecule has 0 bridgehead atoms. The van der Waals surface area contributed by atoms with Gasteiger partial charge in [0.25, 0.3) is 0 Å². The van der Waals surface area contributed by atoms with E-state index < -0.39 is 17.5 Å². The molecule has 0 saturated heterocycles. The van der Waals surface area contributed by atoms with E-state index in [-0.39, 0.29) is 6.61 Å². The number of carbonyl (C=O) groups is 2. The van der Waals surface area contributed by atoms with Crippen molar-refractivity contribution in [3.8, 4) is 0 Å². The molecule has 0 spiro atoms. The molecule has 0 radical (unpaired) electrons. The van der Waals surface area contributed by atoms with Crippen molar-refractivity contribution in [2.45, 2.75) is 97.5 Å². The number of hydrogen-bond donors (Lipinski definition) is 2. The Balaban J connectivity index is 4.58. The molecule has 0 aromatic heterocycles. The second-order valence-corrected chi connectivity index (χ2v) is 8.04. The average Bonchev–Trinajstić information content (AvgIpc) is 2.50. The standard InChI is InChI=1S/C20H39NO4/c1-16(2)11-7-5-9-13-20(19(23)24,25-15-18(21)22)14-10-6-8-12-17(3)4/h16-17H,5-15H2,1-4H3,(H2,21,22)(H,23,24). The first-order chi connectivity index (χ1) is 11.7. The Labute approximate surface area is 153 Å². The van der Waals surface area contributed by atoms with Crippen molar-refractivity contribution >= 4 is 11.9 Å². The number of carboxylic acids is 1. The number of rotatable bonds is 16. The molecular formula is C20H39NO4. The minimum atomic E-state index is -1.27. The number of primary amides is 1. The van der Waals surface area contributed by atoms with Crippen LogP contribution in [0.4, 0.5) is 0 Å². The number of unbranched alkanes of at least 4 members (excludes halogenated alkanes) is 4. The lowest BCUT2D eigenvalue weighted by Crippen LogP contribution is -2.43. The van der Waals surface area contributed by atoms with Gasteiger partial charge in [-0.1, -0.05) is 66.2 Å². The largest absolute Gasteiger partial charge is 0.479 e. The smallest absolute Gasteiger partial charge is 0.335 e. The van der Waals surface area contributed by atoms with E-state index >= 15 is 0 Å². The highest BCUT2D eigenvalue weighted by molar-refractivity contribution is 5.79. The molecule has 0 unspecified atom stereocenters. The van der Waals surface area contributed by atoms with Crippen molar-refractivity contribution in [3.63, 3.8) is 0 Å². The fourth-order valence-electron chi connectivity index (χ4n) is 3.03. The van der Waals surface area contributed by atoms with Gasteiger partial charge in [0, 0.05) is 0 Å². The summed E-state index contributed by atoms with van der Waals surface area (Å²) in [6, 6.07) is 0. The van der Waals surface area contributed by atoms with E-state index in [0.717, 1.165) is 51.4 Å². The lowest BCUT2D eigenvalue weighted by molar-refractivity contribution is -0.170. The molecule has 5 heteroatoms. The predicted octanol–water partition coefficient (Wildman–Crippen LogP) is 4.52. The Morgan fingerprint density at radius 1 is 0.880 bits per heavy atom. The molecule has 148 valence electrons. The summed E-state index contributed by atoms with van der Waals surface area (Å²) in [4.78, 5) is 23.0. The van der Waals surface area contributed by atoms with Gasteiger partial charge in [-0.2, -0.15) is 0 Å². The summed E-state index contributed by atoms with van der Waals surface area (Å²) in [6.45, 7) is 8.43. The highest BCUT2D eigenvalue weighted by atomic mass is 16.5. The Kier molecular flexibility index (Phi) is 12.6. The van der Waals surface area contributed by atoms with E-state index in [1.165, 1.54) is 0 Å². The van der Waals surface area contributed by atoms with E-state index in [1.807, 2.05) is 0 Å². The number of ether oxygens (including phenoxy) is 1. The molecule has 3 N–H and O–H groups in total. The fraction of sp³-hybridized carbons (Fsp3) is 0.900. The molecule has 0 aromatic rings.